The van der Waals surface area contributed by atoms with E-state index in [9.17, 15) is 0 Å². The molecule has 0 bridgehead atoms. The molecule has 158 valence electrons. The van der Waals surface area contributed by atoms with Crippen molar-refractivity contribution in [3.05, 3.63) is 83.2 Å². The minimum atomic E-state index is -1.67. The fourth-order valence-corrected chi connectivity index (χ4v) is 2.93. The summed E-state index contributed by atoms with van der Waals surface area (Å²) in [4.78, 5) is 8.59. The fourth-order valence-electron chi connectivity index (χ4n) is 2.76. The Labute approximate surface area is 192 Å². The average Bonchev–Trinajstić information content (AvgIpc) is 2.72. The summed E-state index contributed by atoms with van der Waals surface area (Å²) in [5, 5.41) is 11.2. The fraction of sp³-hybridized carbons (Fsp3) is 0.182. The molecule has 0 saturated carbocycles. The highest BCUT2D eigenvalue weighted by Crippen LogP contribution is 2.16. The van der Waals surface area contributed by atoms with E-state index in [1.807, 2.05) is 56.6 Å². The van der Waals surface area contributed by atoms with Crippen LogP contribution in [0.25, 0.3) is 21.8 Å². The van der Waals surface area contributed by atoms with Crippen LogP contribution in [0.1, 0.15) is 22.3 Å². The third-order valence-corrected chi connectivity index (χ3v) is 4.41. The number of alkyl halides is 1. The normalized spacial score (nSPS) is 10.4. The van der Waals surface area contributed by atoms with Crippen molar-refractivity contribution < 1.29 is 9.32 Å². The molecule has 0 spiro atoms. The highest BCUT2D eigenvalue weighted by molar-refractivity contribution is 8.26. The molecule has 8 heteroatoms. The molecule has 0 saturated heterocycles. The smallest absolute Gasteiger partial charge is 0.211 e. The molecule has 4 nitrogen and oxygen atoms in total. The Morgan fingerprint density at radius 1 is 0.833 bits per heavy atom. The van der Waals surface area contributed by atoms with Crippen LogP contribution in [0.3, 0.4) is 0 Å². The molecule has 0 amide bonds. The van der Waals surface area contributed by atoms with Gasteiger partial charge in [-0.05, 0) is 72.5 Å². The minimum Gasteiger partial charge on any atom is -0.392 e. The number of aliphatic hydroxyl groups is 1. The maximum absolute atomic E-state index is 9.09. The number of hydrogen-bond acceptors (Lipinski definition) is 4. The van der Waals surface area contributed by atoms with E-state index in [0.717, 1.165) is 38.5 Å². The Hall–Kier alpha value is -1.76. The molecule has 0 aliphatic heterocycles. The Morgan fingerprint density at radius 3 is 1.70 bits per heavy atom. The molecule has 30 heavy (non-hydrogen) atoms. The second-order valence-electron chi connectivity index (χ2n) is 6.56. The number of aliphatic hydroxyl groups excluding tert-OH is 1. The van der Waals surface area contributed by atoms with Crippen LogP contribution in [-0.2, 0) is 21.7 Å². The van der Waals surface area contributed by atoms with Gasteiger partial charge in [-0.2, -0.15) is 0 Å². The van der Waals surface area contributed by atoms with Crippen LogP contribution in [0.15, 0.2) is 60.9 Å². The van der Waals surface area contributed by atoms with Crippen molar-refractivity contribution >= 4 is 64.0 Å². The second-order valence-corrected chi connectivity index (χ2v) is 9.35. The molecule has 2 heterocycles. The van der Waals surface area contributed by atoms with Crippen molar-refractivity contribution in [3.63, 3.8) is 0 Å². The number of halogens is 3. The maximum atomic E-state index is 9.09. The van der Waals surface area contributed by atoms with Gasteiger partial charge in [0.25, 0.3) is 0 Å². The third kappa shape index (κ3) is 7.82. The summed E-state index contributed by atoms with van der Waals surface area (Å²) in [5.74, 6) is 0.559. The first kappa shape index (κ1) is 24.5. The third-order valence-electron chi connectivity index (χ3n) is 4.10. The maximum Gasteiger partial charge on any atom is 0.211 e. The summed E-state index contributed by atoms with van der Waals surface area (Å²) in [7, 11) is 7.36. The van der Waals surface area contributed by atoms with Crippen LogP contribution in [0.4, 0.5) is 0 Å². The van der Waals surface area contributed by atoms with Gasteiger partial charge in [0.05, 0.1) is 17.6 Å². The van der Waals surface area contributed by atoms with Gasteiger partial charge in [-0.15, -0.1) is 11.6 Å². The average molecular weight is 484 g/mol. The molecule has 1 N–H and O–H groups in total. The number of rotatable bonds is 2. The van der Waals surface area contributed by atoms with E-state index in [0.29, 0.717) is 5.88 Å². The molecule has 4 rings (SSSR count). The zero-order valence-electron chi connectivity index (χ0n) is 16.5. The van der Waals surface area contributed by atoms with Gasteiger partial charge < -0.3 is 5.11 Å². The van der Waals surface area contributed by atoms with Crippen LogP contribution in [0.2, 0.25) is 0 Å². The Bertz CT molecular complexity index is 1070. The number of pyridine rings is 2. The monoisotopic (exact) mass is 482 g/mol. The zero-order chi connectivity index (χ0) is 22.1. The van der Waals surface area contributed by atoms with Gasteiger partial charge in [0, 0.05) is 50.4 Å². The first-order valence-corrected chi connectivity index (χ1v) is 12.3. The Balaban J connectivity index is 0.000000182. The van der Waals surface area contributed by atoms with Gasteiger partial charge in [-0.1, -0.05) is 12.1 Å². The number of hydrogen-bond donors (Lipinski definition) is 1. The van der Waals surface area contributed by atoms with Crippen LogP contribution in [0, 0.1) is 13.8 Å². The quantitative estimate of drug-likeness (QED) is 0.266. The summed E-state index contributed by atoms with van der Waals surface area (Å²) in [5.41, 5.74) is 6.39. The van der Waals surface area contributed by atoms with Crippen molar-refractivity contribution in [2.24, 2.45) is 0 Å². The number of fused-ring (bicyclic) bond motifs is 2. The molecule has 0 aliphatic carbocycles. The molecular formula is C22H21Cl3N2O2S. The van der Waals surface area contributed by atoms with E-state index in [1.165, 1.54) is 5.56 Å². The van der Waals surface area contributed by atoms with Gasteiger partial charge in [0.15, 0.2) is 0 Å². The SMILES string of the molecule is Cc1cnc2ccc(CCl)cc2c1.Cc1cnc2ccc(CO)cc2c1.O=S(Cl)Cl. The summed E-state index contributed by atoms with van der Waals surface area (Å²) in [6, 6.07) is 16.1. The summed E-state index contributed by atoms with van der Waals surface area (Å²) in [6.45, 7) is 4.14. The van der Waals surface area contributed by atoms with Crippen LogP contribution < -0.4 is 0 Å². The Morgan fingerprint density at radius 2 is 1.27 bits per heavy atom. The lowest BCUT2D eigenvalue weighted by Crippen LogP contribution is -1.85. The van der Waals surface area contributed by atoms with Gasteiger partial charge in [-0.25, -0.2) is 4.21 Å². The first-order valence-electron chi connectivity index (χ1n) is 8.94. The van der Waals surface area contributed by atoms with E-state index >= 15 is 0 Å². The molecule has 0 fully saturated rings. The van der Waals surface area contributed by atoms with Gasteiger partial charge in [0.1, 0.15) is 0 Å². The van der Waals surface area contributed by atoms with Crippen molar-refractivity contribution in [2.45, 2.75) is 26.3 Å². The summed E-state index contributed by atoms with van der Waals surface area (Å²) >= 11 is 5.75. The van der Waals surface area contributed by atoms with Crippen molar-refractivity contribution in [3.8, 4) is 0 Å². The van der Waals surface area contributed by atoms with Gasteiger partial charge in [0.2, 0.25) is 9.23 Å². The van der Waals surface area contributed by atoms with Gasteiger partial charge in [-0.3, -0.25) is 9.97 Å². The highest BCUT2D eigenvalue weighted by Gasteiger charge is 1.97. The predicted octanol–water partition coefficient (Wildman–Crippen LogP) is 6.36. The highest BCUT2D eigenvalue weighted by atomic mass is 36.0. The minimum absolute atomic E-state index is 0.0872. The van der Waals surface area contributed by atoms with E-state index in [-0.39, 0.29) is 6.61 Å². The van der Waals surface area contributed by atoms with E-state index in [1.54, 1.807) is 0 Å². The predicted molar refractivity (Wildman–Crippen MR) is 128 cm³/mol. The molecule has 0 unspecified atom stereocenters. The number of nitrogens with zero attached hydrogens (tertiary/aromatic N) is 2. The van der Waals surface area contributed by atoms with Crippen LogP contribution in [-0.4, -0.2) is 19.3 Å². The Kier molecular flexibility index (Phi) is 9.95. The van der Waals surface area contributed by atoms with E-state index < -0.39 is 9.23 Å². The second kappa shape index (κ2) is 12.2. The molecule has 2 aromatic heterocycles. The van der Waals surface area contributed by atoms with Crippen molar-refractivity contribution in [1.29, 1.82) is 0 Å². The number of aryl methyl sites for hydroxylation is 2. The molecular weight excluding hydrogens is 463 g/mol. The molecule has 0 radical (unpaired) electrons. The largest absolute Gasteiger partial charge is 0.392 e. The summed E-state index contributed by atoms with van der Waals surface area (Å²) < 4.78 is 9.09. The zero-order valence-corrected chi connectivity index (χ0v) is 19.6. The summed E-state index contributed by atoms with van der Waals surface area (Å²) in [6.07, 6.45) is 3.73. The number of benzene rings is 2. The van der Waals surface area contributed by atoms with Crippen molar-refractivity contribution in [2.75, 3.05) is 0 Å². The number of aromatic nitrogens is 2. The standard InChI is InChI=1S/C11H10ClN.C11H11NO.Cl2OS/c1-8-4-10-5-9(6-12)2-3-11(10)13-7-8;1-8-4-10-5-9(7-13)2-3-11(10)12-6-8;1-4(2)3/h2-5,7H,6H2,1H3;2-6,13H,7H2,1H3;. The molecule has 2 aromatic carbocycles. The van der Waals surface area contributed by atoms with E-state index in [2.05, 4.69) is 49.5 Å². The van der Waals surface area contributed by atoms with Crippen molar-refractivity contribution in [1.82, 2.24) is 9.97 Å². The van der Waals surface area contributed by atoms with Crippen LogP contribution >= 0.6 is 33.0 Å². The lowest BCUT2D eigenvalue weighted by atomic mass is 10.1. The van der Waals surface area contributed by atoms with Crippen LogP contribution in [0.5, 0.6) is 0 Å². The lowest BCUT2D eigenvalue weighted by molar-refractivity contribution is 0.282. The van der Waals surface area contributed by atoms with E-state index in [4.69, 9.17) is 20.9 Å². The lowest BCUT2D eigenvalue weighted by Gasteiger charge is -2.00. The first-order chi connectivity index (χ1) is 14.3. The molecule has 0 aliphatic rings. The topological polar surface area (TPSA) is 63.1 Å². The molecule has 4 aromatic rings. The van der Waals surface area contributed by atoms with Gasteiger partial charge >= 0.3 is 0 Å². The molecule has 0 atom stereocenters.